The van der Waals surface area contributed by atoms with Gasteiger partial charge in [0.1, 0.15) is 30.7 Å². The van der Waals surface area contributed by atoms with Crippen molar-refractivity contribution in [2.24, 2.45) is 0 Å². The van der Waals surface area contributed by atoms with Gasteiger partial charge in [-0.3, -0.25) is 23.2 Å². The van der Waals surface area contributed by atoms with Crippen molar-refractivity contribution in [3.8, 4) is 0 Å². The largest absolute Gasteiger partial charge is 0.481 e. The van der Waals surface area contributed by atoms with Crippen LogP contribution in [-0.2, 0) is 46.3 Å². The third-order valence-electron chi connectivity index (χ3n) is 10.9. The number of ether oxygens (including phenoxy) is 3. The Hall–Kier alpha value is -3.84. The summed E-state index contributed by atoms with van der Waals surface area (Å²) in [4.78, 5) is 61.8. The van der Waals surface area contributed by atoms with E-state index in [0.717, 1.165) is 81.4 Å². The molecule has 0 saturated carbocycles. The number of phosphoric acid groups is 2. The molecule has 7 N–H and O–H groups in total. The number of nitrogen functional groups attached to an aromatic ring is 1. The zero-order chi connectivity index (χ0) is 52.2. The summed E-state index contributed by atoms with van der Waals surface area (Å²) in [5.41, 5.74) is 4.57. The van der Waals surface area contributed by atoms with Crippen LogP contribution >= 0.6 is 15.6 Å². The standard InChI is InChI=1S/C50H81N3O16P2/c1-3-5-7-8-9-10-11-12-13-14-17-21-24-27-31-35-46(56)67-42(38-64-45(55)34-30-26-23-20-18-15-16-19-22-25-29-33-41(54)32-28-6-4-2)39-65-70(60,61)69-71(62,63)66-40-43-47(57)48(58)49(68-43)53-37-36-44(51)52-50(53)59/h10-13,15-16,20,22-23,25,29,33,36-37,41-43,47-49,54,57-58H,3-9,14,17-19,21,24,26-28,30-32,34-35,38-40H2,1-2H3,(H,60,61)(H,62,63)(H2,51,52,59)/b11-10-,13-12-,16-15-,23-20-,25-22-,33-29+/t41-,42-,43-,47-,48-,49-/m1/s1. The third-order valence-corrected chi connectivity index (χ3v) is 13.5. The van der Waals surface area contributed by atoms with Crippen molar-refractivity contribution in [2.75, 3.05) is 25.6 Å². The maximum atomic E-state index is 12.8. The molecule has 1 aliphatic heterocycles. The van der Waals surface area contributed by atoms with Crippen LogP contribution in [0.1, 0.15) is 155 Å². The highest BCUT2D eigenvalue weighted by atomic mass is 31.3. The van der Waals surface area contributed by atoms with Crippen molar-refractivity contribution in [3.63, 3.8) is 0 Å². The molecule has 21 heteroatoms. The fraction of sp³-hybridized carbons (Fsp3) is 0.640. The molecule has 2 heterocycles. The summed E-state index contributed by atoms with van der Waals surface area (Å²) >= 11 is 0. The predicted molar refractivity (Wildman–Crippen MR) is 271 cm³/mol. The number of hydrogen-bond acceptors (Lipinski definition) is 16. The number of phosphoric ester groups is 2. The van der Waals surface area contributed by atoms with Crippen molar-refractivity contribution in [1.29, 1.82) is 0 Å². The Morgan fingerprint density at radius 3 is 2.04 bits per heavy atom. The van der Waals surface area contributed by atoms with Crippen LogP contribution < -0.4 is 11.4 Å². The molecule has 2 rings (SSSR count). The van der Waals surface area contributed by atoms with E-state index >= 15 is 0 Å². The highest BCUT2D eigenvalue weighted by Gasteiger charge is 2.46. The SMILES string of the molecule is CCCCCC/C=C\C=C/CCCCCCCC(=O)O[C@H](COC(=O)CCC/C=C\C/C=C\C/C=C\C=C\[C@H](O)CCCCC)COP(=O)(O)OP(=O)(O)OC[C@H]1O[C@@H](n2ccc(N)nc2=O)[C@H](O)[C@@H]1O. The number of carbonyl (C=O) groups excluding carboxylic acids is 2. The van der Waals surface area contributed by atoms with Crippen LogP contribution in [0.3, 0.4) is 0 Å². The van der Waals surface area contributed by atoms with Gasteiger partial charge in [-0.25, -0.2) is 13.9 Å². The molecule has 402 valence electrons. The van der Waals surface area contributed by atoms with Gasteiger partial charge in [0.15, 0.2) is 12.3 Å². The molecule has 0 bridgehead atoms. The van der Waals surface area contributed by atoms with E-state index in [4.69, 9.17) is 29.0 Å². The topological polar surface area (TPSA) is 286 Å². The minimum absolute atomic E-state index is 0.00825. The minimum atomic E-state index is -5.45. The lowest BCUT2D eigenvalue weighted by Crippen LogP contribution is -2.36. The number of esters is 2. The molecule has 1 aromatic rings. The lowest BCUT2D eigenvalue weighted by atomic mass is 10.1. The number of allylic oxidation sites excluding steroid dienone is 11. The number of nitrogens with two attached hydrogens (primary N) is 1. The zero-order valence-electron chi connectivity index (χ0n) is 41.6. The number of aromatic nitrogens is 2. The molecular formula is C50H81N3O16P2. The van der Waals surface area contributed by atoms with E-state index in [9.17, 15) is 48.6 Å². The monoisotopic (exact) mass is 1040 g/mol. The second-order valence-electron chi connectivity index (χ2n) is 17.2. The molecule has 1 aliphatic rings. The number of anilines is 1. The lowest BCUT2D eigenvalue weighted by molar-refractivity contribution is -0.161. The van der Waals surface area contributed by atoms with E-state index in [0.29, 0.717) is 25.7 Å². The molecule has 71 heavy (non-hydrogen) atoms. The minimum Gasteiger partial charge on any atom is -0.462 e. The average Bonchev–Trinajstić information content (AvgIpc) is 3.60. The van der Waals surface area contributed by atoms with Gasteiger partial charge in [-0.2, -0.15) is 9.29 Å². The average molecular weight is 1040 g/mol. The maximum Gasteiger partial charge on any atom is 0.481 e. The molecule has 1 aromatic heterocycles. The van der Waals surface area contributed by atoms with Crippen molar-refractivity contribution >= 4 is 33.4 Å². The van der Waals surface area contributed by atoms with Crippen molar-refractivity contribution in [1.82, 2.24) is 9.55 Å². The lowest BCUT2D eigenvalue weighted by Gasteiger charge is -2.21. The maximum absolute atomic E-state index is 12.8. The van der Waals surface area contributed by atoms with E-state index in [-0.39, 0.29) is 18.7 Å². The molecule has 1 saturated heterocycles. The van der Waals surface area contributed by atoms with Crippen LogP contribution in [0.15, 0.2) is 90.0 Å². The van der Waals surface area contributed by atoms with Crippen LogP contribution in [0.2, 0.25) is 0 Å². The van der Waals surface area contributed by atoms with Gasteiger partial charge in [0.25, 0.3) is 0 Å². The Balaban J connectivity index is 1.85. The summed E-state index contributed by atoms with van der Waals surface area (Å²) in [6, 6.07) is 1.24. The Morgan fingerprint density at radius 1 is 0.746 bits per heavy atom. The Bertz CT molecular complexity index is 1990. The molecule has 0 amide bonds. The molecule has 0 aliphatic carbocycles. The van der Waals surface area contributed by atoms with Gasteiger partial charge >= 0.3 is 33.3 Å². The molecule has 0 radical (unpaired) electrons. The fourth-order valence-electron chi connectivity index (χ4n) is 6.94. The van der Waals surface area contributed by atoms with Crippen molar-refractivity contribution < 1.29 is 71.4 Å². The normalized spacial score (nSPS) is 20.2. The van der Waals surface area contributed by atoms with Gasteiger partial charge in [0.2, 0.25) is 0 Å². The summed E-state index contributed by atoms with van der Waals surface area (Å²) in [6.07, 6.45) is 34.6. The van der Waals surface area contributed by atoms with E-state index in [2.05, 4.69) is 47.4 Å². The Kier molecular flexibility index (Phi) is 33.7. The first-order valence-electron chi connectivity index (χ1n) is 25.1. The smallest absolute Gasteiger partial charge is 0.462 e. The molecule has 0 spiro atoms. The first-order valence-corrected chi connectivity index (χ1v) is 28.1. The fourth-order valence-corrected chi connectivity index (χ4v) is 9.05. The van der Waals surface area contributed by atoms with Crippen LogP contribution in [0.25, 0.3) is 0 Å². The van der Waals surface area contributed by atoms with Gasteiger partial charge < -0.3 is 45.1 Å². The summed E-state index contributed by atoms with van der Waals surface area (Å²) in [6.45, 7) is 1.92. The molecular weight excluding hydrogens is 961 g/mol. The number of nitrogens with zero attached hydrogens (tertiary/aromatic N) is 2. The van der Waals surface area contributed by atoms with Gasteiger partial charge in [0, 0.05) is 19.0 Å². The van der Waals surface area contributed by atoms with Crippen LogP contribution in [0.4, 0.5) is 5.82 Å². The summed E-state index contributed by atoms with van der Waals surface area (Å²) < 4.78 is 56.6. The quantitative estimate of drug-likeness (QED) is 0.0117. The predicted octanol–water partition coefficient (Wildman–Crippen LogP) is 9.08. The van der Waals surface area contributed by atoms with E-state index in [1.807, 2.05) is 42.5 Å². The van der Waals surface area contributed by atoms with Gasteiger partial charge in [-0.1, -0.05) is 145 Å². The summed E-state index contributed by atoms with van der Waals surface area (Å²) in [7, 11) is -10.9. The summed E-state index contributed by atoms with van der Waals surface area (Å²) in [5.74, 6) is -1.42. The van der Waals surface area contributed by atoms with Gasteiger partial charge in [-0.05, 0) is 70.3 Å². The third kappa shape index (κ3) is 30.7. The number of rotatable bonds is 40. The van der Waals surface area contributed by atoms with Gasteiger partial charge in [0.05, 0.1) is 19.3 Å². The molecule has 2 unspecified atom stereocenters. The highest BCUT2D eigenvalue weighted by molar-refractivity contribution is 7.61. The second-order valence-corrected chi connectivity index (χ2v) is 20.2. The number of unbranched alkanes of at least 4 members (excludes halogenated alkanes) is 12. The van der Waals surface area contributed by atoms with Crippen molar-refractivity contribution in [3.05, 3.63) is 95.7 Å². The molecule has 0 aromatic carbocycles. The second kappa shape index (κ2) is 37.8. The van der Waals surface area contributed by atoms with E-state index in [1.54, 1.807) is 6.08 Å². The van der Waals surface area contributed by atoms with E-state index < -0.39 is 89.8 Å². The van der Waals surface area contributed by atoms with Crippen LogP contribution in [0, 0.1) is 0 Å². The van der Waals surface area contributed by atoms with Crippen molar-refractivity contribution in [2.45, 2.75) is 185 Å². The first kappa shape index (κ1) is 63.3. The molecule has 1 fully saturated rings. The van der Waals surface area contributed by atoms with Gasteiger partial charge in [-0.15, -0.1) is 0 Å². The van der Waals surface area contributed by atoms with E-state index in [1.165, 1.54) is 31.7 Å². The Labute approximate surface area is 419 Å². The number of hydrogen-bond donors (Lipinski definition) is 6. The number of aliphatic hydroxyl groups excluding tert-OH is 3. The molecule has 19 nitrogen and oxygen atoms in total. The first-order chi connectivity index (χ1) is 34.1. The molecule has 8 atom stereocenters. The zero-order valence-corrected chi connectivity index (χ0v) is 43.4. The summed E-state index contributed by atoms with van der Waals surface area (Å²) in [5, 5.41) is 30.8. The number of carbonyl (C=O) groups is 2. The van der Waals surface area contributed by atoms with Crippen LogP contribution in [-0.4, -0.2) is 96.9 Å². The van der Waals surface area contributed by atoms with Crippen LogP contribution in [0.5, 0.6) is 0 Å². The highest BCUT2D eigenvalue weighted by Crippen LogP contribution is 2.60. The number of aliphatic hydroxyl groups is 3. The Morgan fingerprint density at radius 2 is 1.34 bits per heavy atom.